The summed E-state index contributed by atoms with van der Waals surface area (Å²) in [4.78, 5) is 31.2. The zero-order valence-electron chi connectivity index (χ0n) is 22.0. The van der Waals surface area contributed by atoms with Crippen LogP contribution in [0.25, 0.3) is 27.8 Å². The number of alkyl halides is 6. The molecular weight excluding hydrogens is 564 g/mol. The highest BCUT2D eigenvalue weighted by atomic mass is 19.4. The number of hydrogen-bond donors (Lipinski definition) is 1. The zero-order valence-corrected chi connectivity index (χ0v) is 22.0. The van der Waals surface area contributed by atoms with Crippen molar-refractivity contribution in [2.75, 3.05) is 0 Å². The van der Waals surface area contributed by atoms with Gasteiger partial charge >= 0.3 is 12.4 Å². The summed E-state index contributed by atoms with van der Waals surface area (Å²) in [5, 5.41) is 10.0. The molecule has 0 aliphatic carbocycles. The molecule has 216 valence electrons. The Labute approximate surface area is 234 Å². The maximum absolute atomic E-state index is 14.0. The first-order valence-corrected chi connectivity index (χ1v) is 12.4. The van der Waals surface area contributed by atoms with Crippen LogP contribution in [0.3, 0.4) is 0 Å². The van der Waals surface area contributed by atoms with E-state index in [1.807, 2.05) is 0 Å². The predicted molar refractivity (Wildman–Crippen MR) is 141 cm³/mol. The molecule has 3 heterocycles. The highest BCUT2D eigenvalue weighted by Gasteiger charge is 2.71. The molecule has 7 nitrogen and oxygen atoms in total. The van der Waals surface area contributed by atoms with Gasteiger partial charge in [0.1, 0.15) is 11.6 Å². The molecule has 0 bridgehead atoms. The largest absolute Gasteiger partial charge is 0.430 e. The van der Waals surface area contributed by atoms with Crippen molar-refractivity contribution in [1.82, 2.24) is 24.5 Å². The highest BCUT2D eigenvalue weighted by molar-refractivity contribution is 5.83. The van der Waals surface area contributed by atoms with E-state index in [2.05, 4.69) is 19.9 Å². The Hall–Kier alpha value is -4.65. The Morgan fingerprint density at radius 3 is 2.14 bits per heavy atom. The van der Waals surface area contributed by atoms with Crippen molar-refractivity contribution in [3.05, 3.63) is 112 Å². The molecule has 0 saturated carbocycles. The normalized spacial score (nSPS) is 12.6. The molecule has 5 rings (SSSR count). The van der Waals surface area contributed by atoms with Crippen molar-refractivity contribution in [2.24, 2.45) is 0 Å². The number of halogens is 6. The summed E-state index contributed by atoms with van der Waals surface area (Å²) in [6.45, 7) is 2.92. The Kier molecular flexibility index (Phi) is 7.09. The molecule has 0 saturated heterocycles. The molecule has 2 aromatic carbocycles. The van der Waals surface area contributed by atoms with Crippen LogP contribution in [0.4, 0.5) is 26.3 Å². The molecule has 5 aromatic rings. The van der Waals surface area contributed by atoms with E-state index in [1.165, 1.54) is 19.3 Å². The molecule has 0 radical (unpaired) electrons. The summed E-state index contributed by atoms with van der Waals surface area (Å²) in [6, 6.07) is 12.2. The molecule has 13 heteroatoms. The van der Waals surface area contributed by atoms with Crippen LogP contribution in [0.2, 0.25) is 0 Å². The molecule has 0 aliphatic heterocycles. The van der Waals surface area contributed by atoms with Crippen molar-refractivity contribution in [3.8, 4) is 16.9 Å². The summed E-state index contributed by atoms with van der Waals surface area (Å²) in [5.74, 6) is 0.640. The maximum Gasteiger partial charge on any atom is 0.430 e. The number of hydrogen-bond acceptors (Lipinski definition) is 6. The van der Waals surface area contributed by atoms with E-state index in [4.69, 9.17) is 0 Å². The third-order valence-corrected chi connectivity index (χ3v) is 6.77. The van der Waals surface area contributed by atoms with Gasteiger partial charge in [-0.3, -0.25) is 14.3 Å². The number of rotatable bonds is 5. The van der Waals surface area contributed by atoms with Gasteiger partial charge in [-0.15, -0.1) is 0 Å². The average Bonchev–Trinajstić information content (AvgIpc) is 2.93. The van der Waals surface area contributed by atoms with Crippen LogP contribution in [-0.4, -0.2) is 42.0 Å². The van der Waals surface area contributed by atoms with Crippen molar-refractivity contribution >= 4 is 10.9 Å². The molecular formula is C29H21F6N5O2. The van der Waals surface area contributed by atoms with Crippen molar-refractivity contribution in [2.45, 2.75) is 38.2 Å². The molecule has 42 heavy (non-hydrogen) atoms. The lowest BCUT2D eigenvalue weighted by molar-refractivity contribution is -0.376. The van der Waals surface area contributed by atoms with E-state index in [0.717, 1.165) is 10.6 Å². The highest BCUT2D eigenvalue weighted by Crippen LogP contribution is 2.50. The molecule has 3 aromatic heterocycles. The number of aromatic nitrogens is 5. The number of aliphatic hydroxyl groups is 1. The topological polar surface area (TPSA) is 93.8 Å². The third kappa shape index (κ3) is 5.00. The van der Waals surface area contributed by atoms with Gasteiger partial charge in [0.25, 0.3) is 11.2 Å². The fourth-order valence-corrected chi connectivity index (χ4v) is 4.60. The van der Waals surface area contributed by atoms with Crippen LogP contribution < -0.4 is 5.56 Å². The monoisotopic (exact) mass is 585 g/mol. The molecule has 1 N–H and O–H groups in total. The van der Waals surface area contributed by atoms with E-state index >= 15 is 0 Å². The summed E-state index contributed by atoms with van der Waals surface area (Å²) >= 11 is 0. The lowest BCUT2D eigenvalue weighted by atomic mass is 9.90. The fourth-order valence-electron chi connectivity index (χ4n) is 4.60. The van der Waals surface area contributed by atoms with E-state index in [1.54, 1.807) is 49.5 Å². The SMILES string of the molecule is Cc1ncc(Cc2nc3ccc(-c4ccccn4)cc3c(=O)n2-c2ccc(C(O)(C(F)(F)F)C(F)(F)F)cc2C)cn1. The van der Waals surface area contributed by atoms with Gasteiger partial charge in [-0.2, -0.15) is 26.3 Å². The van der Waals surface area contributed by atoms with E-state index < -0.39 is 29.1 Å². The number of aryl methyl sites for hydroxylation is 2. The second-order valence-corrected chi connectivity index (χ2v) is 9.64. The molecule has 0 atom stereocenters. The maximum atomic E-state index is 14.0. The number of nitrogens with zero attached hydrogens (tertiary/aromatic N) is 5. The van der Waals surface area contributed by atoms with Crippen LogP contribution in [0.1, 0.15) is 28.3 Å². The summed E-state index contributed by atoms with van der Waals surface area (Å²) in [7, 11) is 0. The molecule has 0 spiro atoms. The van der Waals surface area contributed by atoms with E-state index in [9.17, 15) is 36.2 Å². The zero-order chi connectivity index (χ0) is 30.4. The number of benzene rings is 2. The number of fused-ring (bicyclic) bond motifs is 1. The first kappa shape index (κ1) is 28.9. The Bertz CT molecular complexity index is 1820. The van der Waals surface area contributed by atoms with Crippen LogP contribution in [-0.2, 0) is 12.0 Å². The van der Waals surface area contributed by atoms with Gasteiger partial charge in [-0.1, -0.05) is 24.3 Å². The van der Waals surface area contributed by atoms with Gasteiger partial charge in [0.05, 0.1) is 22.3 Å². The minimum absolute atomic E-state index is 0.0175. The second-order valence-electron chi connectivity index (χ2n) is 9.64. The first-order valence-electron chi connectivity index (χ1n) is 12.4. The smallest absolute Gasteiger partial charge is 0.369 e. The van der Waals surface area contributed by atoms with Crippen molar-refractivity contribution < 1.29 is 31.4 Å². The standard InChI is InChI=1S/C29H21F6N5O2/c1-16-11-20(27(42,28(30,31)32)29(33,34)35)7-9-24(16)40-25(12-18-14-37-17(2)38-15-18)39-23-8-6-19(13-21(23)26(40)41)22-5-3-4-10-36-22/h3-11,13-15,42H,12H2,1-2H3. The van der Waals surface area contributed by atoms with Crippen LogP contribution in [0.15, 0.2) is 78.0 Å². The summed E-state index contributed by atoms with van der Waals surface area (Å²) < 4.78 is 82.4. The minimum Gasteiger partial charge on any atom is -0.369 e. The first-order chi connectivity index (χ1) is 19.7. The van der Waals surface area contributed by atoms with E-state index in [0.29, 0.717) is 40.3 Å². The van der Waals surface area contributed by atoms with Gasteiger partial charge in [-0.25, -0.2) is 15.0 Å². The van der Waals surface area contributed by atoms with Gasteiger partial charge < -0.3 is 5.11 Å². The summed E-state index contributed by atoms with van der Waals surface area (Å²) in [5.41, 5.74) is -5.27. The lowest BCUT2D eigenvalue weighted by Crippen LogP contribution is -2.54. The van der Waals surface area contributed by atoms with Gasteiger partial charge in [-0.05, 0) is 55.3 Å². The Balaban J connectivity index is 1.74. The average molecular weight is 586 g/mol. The second kappa shape index (κ2) is 10.3. The molecule has 0 aliphatic rings. The van der Waals surface area contributed by atoms with Crippen molar-refractivity contribution in [1.29, 1.82) is 0 Å². The number of pyridine rings is 1. The minimum atomic E-state index is -6.06. The molecule has 0 amide bonds. The quantitative estimate of drug-likeness (QED) is 0.264. The van der Waals surface area contributed by atoms with Crippen molar-refractivity contribution in [3.63, 3.8) is 0 Å². The van der Waals surface area contributed by atoms with Crippen LogP contribution in [0, 0.1) is 13.8 Å². The summed E-state index contributed by atoms with van der Waals surface area (Å²) in [6.07, 6.45) is -7.47. The van der Waals surface area contributed by atoms with Gasteiger partial charge in [0.15, 0.2) is 0 Å². The molecule has 0 fully saturated rings. The predicted octanol–water partition coefficient (Wildman–Crippen LogP) is 5.76. The molecule has 0 unspecified atom stereocenters. The lowest BCUT2D eigenvalue weighted by Gasteiger charge is -2.33. The van der Waals surface area contributed by atoms with Crippen LogP contribution in [0.5, 0.6) is 0 Å². The van der Waals surface area contributed by atoms with E-state index in [-0.39, 0.29) is 28.9 Å². The van der Waals surface area contributed by atoms with Gasteiger partial charge in [0, 0.05) is 36.1 Å². The van der Waals surface area contributed by atoms with Crippen LogP contribution >= 0.6 is 0 Å². The fraction of sp³-hybridized carbons (Fsp3) is 0.207. The van der Waals surface area contributed by atoms with Gasteiger partial charge in [0.2, 0.25) is 0 Å². The Morgan fingerprint density at radius 2 is 1.55 bits per heavy atom. The third-order valence-electron chi connectivity index (χ3n) is 6.77. The Morgan fingerprint density at radius 1 is 0.857 bits per heavy atom.